The monoisotopic (exact) mass is 257 g/mol. The highest BCUT2D eigenvalue weighted by Crippen LogP contribution is 2.43. The van der Waals surface area contributed by atoms with Gasteiger partial charge in [-0.1, -0.05) is 0 Å². The lowest BCUT2D eigenvalue weighted by Crippen LogP contribution is -1.95. The fraction of sp³-hybridized carbons (Fsp3) is 0.364. The van der Waals surface area contributed by atoms with Crippen LogP contribution < -0.4 is 14.2 Å². The van der Waals surface area contributed by atoms with Gasteiger partial charge in [-0.2, -0.15) is 0 Å². The van der Waals surface area contributed by atoms with Crippen LogP contribution >= 0.6 is 11.6 Å². The van der Waals surface area contributed by atoms with Crippen molar-refractivity contribution in [3.05, 3.63) is 12.0 Å². The number of hydrogen-bond acceptors (Lipinski definition) is 5. The van der Waals surface area contributed by atoms with Gasteiger partial charge in [0.25, 0.3) is 0 Å². The molecule has 0 saturated carbocycles. The fourth-order valence-electron chi connectivity index (χ4n) is 1.63. The number of halogens is 1. The van der Waals surface area contributed by atoms with Crippen LogP contribution in [0.15, 0.2) is 10.5 Å². The van der Waals surface area contributed by atoms with E-state index >= 15 is 0 Å². The Morgan fingerprint density at radius 3 is 2.41 bits per heavy atom. The molecule has 5 nitrogen and oxygen atoms in total. The van der Waals surface area contributed by atoms with E-state index in [0.29, 0.717) is 34.2 Å². The number of aromatic nitrogens is 1. The van der Waals surface area contributed by atoms with Gasteiger partial charge in [-0.3, -0.25) is 0 Å². The van der Waals surface area contributed by atoms with E-state index in [1.807, 2.05) is 0 Å². The number of fused-ring (bicyclic) bond motifs is 1. The molecule has 0 aliphatic heterocycles. The molecule has 1 heterocycles. The number of benzene rings is 1. The van der Waals surface area contributed by atoms with Crippen molar-refractivity contribution >= 4 is 22.7 Å². The van der Waals surface area contributed by atoms with Crippen molar-refractivity contribution in [2.45, 2.75) is 5.88 Å². The van der Waals surface area contributed by atoms with Gasteiger partial charge in [-0.25, -0.2) is 4.98 Å². The van der Waals surface area contributed by atoms with Crippen LogP contribution in [0.25, 0.3) is 11.1 Å². The Kier molecular flexibility index (Phi) is 3.28. The van der Waals surface area contributed by atoms with Crippen molar-refractivity contribution in [3.63, 3.8) is 0 Å². The molecule has 0 bridgehead atoms. The number of rotatable bonds is 4. The van der Waals surface area contributed by atoms with Gasteiger partial charge in [0.1, 0.15) is 5.52 Å². The van der Waals surface area contributed by atoms with E-state index in [4.69, 9.17) is 30.2 Å². The van der Waals surface area contributed by atoms with E-state index in [2.05, 4.69) is 4.98 Å². The van der Waals surface area contributed by atoms with Crippen molar-refractivity contribution in [2.24, 2.45) is 0 Å². The fourth-order valence-corrected chi connectivity index (χ4v) is 1.75. The standard InChI is InChI=1S/C11H12ClNO4/c1-14-7-4-6-9(17-8(5-12)13-6)11(16-3)10(7)15-2/h4H,5H2,1-3H3. The largest absolute Gasteiger partial charge is 0.493 e. The van der Waals surface area contributed by atoms with Gasteiger partial charge in [-0.15, -0.1) is 11.6 Å². The summed E-state index contributed by atoms with van der Waals surface area (Å²) in [6.07, 6.45) is 0. The minimum Gasteiger partial charge on any atom is -0.493 e. The topological polar surface area (TPSA) is 53.7 Å². The molecule has 1 aromatic heterocycles. The Labute approximate surface area is 103 Å². The van der Waals surface area contributed by atoms with E-state index in [1.165, 1.54) is 14.2 Å². The first-order chi connectivity index (χ1) is 8.24. The molecular weight excluding hydrogens is 246 g/mol. The molecule has 0 unspecified atom stereocenters. The van der Waals surface area contributed by atoms with Gasteiger partial charge in [0, 0.05) is 6.07 Å². The maximum absolute atomic E-state index is 5.68. The van der Waals surface area contributed by atoms with Crippen molar-refractivity contribution < 1.29 is 18.6 Å². The Hall–Kier alpha value is -1.62. The third-order valence-corrected chi connectivity index (χ3v) is 2.57. The second-order valence-corrected chi connectivity index (χ2v) is 3.50. The molecular formula is C11H12ClNO4. The molecule has 0 amide bonds. The first kappa shape index (κ1) is 11.9. The number of alkyl halides is 1. The summed E-state index contributed by atoms with van der Waals surface area (Å²) in [6, 6.07) is 1.72. The van der Waals surface area contributed by atoms with Gasteiger partial charge < -0.3 is 18.6 Å². The van der Waals surface area contributed by atoms with Crippen molar-refractivity contribution in [1.29, 1.82) is 0 Å². The molecule has 0 N–H and O–H groups in total. The van der Waals surface area contributed by atoms with E-state index in [-0.39, 0.29) is 5.88 Å². The highest BCUT2D eigenvalue weighted by atomic mass is 35.5. The number of oxazole rings is 1. The van der Waals surface area contributed by atoms with Crippen LogP contribution in [0, 0.1) is 0 Å². The van der Waals surface area contributed by atoms with Crippen molar-refractivity contribution in [2.75, 3.05) is 21.3 Å². The Bertz CT molecular complexity index is 538. The molecule has 6 heteroatoms. The number of methoxy groups -OCH3 is 3. The first-order valence-corrected chi connectivity index (χ1v) is 5.43. The lowest BCUT2D eigenvalue weighted by atomic mass is 10.2. The second kappa shape index (κ2) is 4.71. The van der Waals surface area contributed by atoms with E-state index < -0.39 is 0 Å². The van der Waals surface area contributed by atoms with Gasteiger partial charge in [0.05, 0.1) is 27.2 Å². The average molecular weight is 258 g/mol. The molecule has 0 aliphatic carbocycles. The van der Waals surface area contributed by atoms with E-state index in [0.717, 1.165) is 0 Å². The third kappa shape index (κ3) is 1.86. The molecule has 0 radical (unpaired) electrons. The maximum Gasteiger partial charge on any atom is 0.210 e. The molecule has 2 aromatic rings. The van der Waals surface area contributed by atoms with E-state index in [1.54, 1.807) is 13.2 Å². The van der Waals surface area contributed by atoms with Crippen molar-refractivity contribution in [1.82, 2.24) is 4.98 Å². The highest BCUT2D eigenvalue weighted by Gasteiger charge is 2.20. The second-order valence-electron chi connectivity index (χ2n) is 3.23. The summed E-state index contributed by atoms with van der Waals surface area (Å²) >= 11 is 5.68. The zero-order valence-electron chi connectivity index (χ0n) is 9.74. The summed E-state index contributed by atoms with van der Waals surface area (Å²) in [7, 11) is 4.61. The summed E-state index contributed by atoms with van der Waals surface area (Å²) in [5.74, 6) is 2.08. The van der Waals surface area contributed by atoms with Crippen LogP contribution in [-0.2, 0) is 5.88 Å². The first-order valence-electron chi connectivity index (χ1n) is 4.89. The third-order valence-electron chi connectivity index (χ3n) is 2.34. The smallest absolute Gasteiger partial charge is 0.210 e. The molecule has 17 heavy (non-hydrogen) atoms. The van der Waals surface area contributed by atoms with Crippen LogP contribution in [0.4, 0.5) is 0 Å². The van der Waals surface area contributed by atoms with Crippen LogP contribution in [0.5, 0.6) is 17.2 Å². The summed E-state index contributed by atoms with van der Waals surface area (Å²) in [4.78, 5) is 4.21. The zero-order valence-corrected chi connectivity index (χ0v) is 10.5. The van der Waals surface area contributed by atoms with Gasteiger partial charge >= 0.3 is 0 Å². The molecule has 0 aliphatic rings. The summed E-state index contributed by atoms with van der Waals surface area (Å²) in [5, 5.41) is 0. The zero-order chi connectivity index (χ0) is 12.4. The van der Waals surface area contributed by atoms with Gasteiger partial charge in [-0.05, 0) is 0 Å². The van der Waals surface area contributed by atoms with E-state index in [9.17, 15) is 0 Å². The molecule has 0 spiro atoms. The molecule has 2 rings (SSSR count). The summed E-state index contributed by atoms with van der Waals surface area (Å²) in [5.41, 5.74) is 1.12. The number of nitrogens with zero attached hydrogens (tertiary/aromatic N) is 1. The predicted octanol–water partition coefficient (Wildman–Crippen LogP) is 2.59. The lowest BCUT2D eigenvalue weighted by molar-refractivity contribution is 0.324. The Morgan fingerprint density at radius 2 is 1.88 bits per heavy atom. The SMILES string of the molecule is COc1cc2nc(CCl)oc2c(OC)c1OC. The summed E-state index contributed by atoms with van der Waals surface area (Å²) < 4.78 is 21.2. The van der Waals surface area contributed by atoms with Crippen LogP contribution in [0.1, 0.15) is 5.89 Å². The van der Waals surface area contributed by atoms with Crippen molar-refractivity contribution in [3.8, 4) is 17.2 Å². The van der Waals surface area contributed by atoms with Crippen LogP contribution in [0.3, 0.4) is 0 Å². The number of hydrogen-bond donors (Lipinski definition) is 0. The molecule has 0 saturated heterocycles. The minimum absolute atomic E-state index is 0.197. The quantitative estimate of drug-likeness (QED) is 0.788. The van der Waals surface area contributed by atoms with Gasteiger partial charge in [0.2, 0.25) is 23.0 Å². The molecule has 0 atom stereocenters. The normalized spacial score (nSPS) is 10.6. The predicted molar refractivity (Wildman–Crippen MR) is 63.2 cm³/mol. The maximum atomic E-state index is 5.68. The Morgan fingerprint density at radius 1 is 1.18 bits per heavy atom. The molecule has 0 fully saturated rings. The highest BCUT2D eigenvalue weighted by molar-refractivity contribution is 6.16. The van der Waals surface area contributed by atoms with Crippen LogP contribution in [-0.4, -0.2) is 26.3 Å². The number of ether oxygens (including phenoxy) is 3. The van der Waals surface area contributed by atoms with Crippen LogP contribution in [0.2, 0.25) is 0 Å². The lowest BCUT2D eigenvalue weighted by Gasteiger charge is -2.11. The average Bonchev–Trinajstić information content (AvgIpc) is 2.78. The Balaban J connectivity index is 2.76. The summed E-state index contributed by atoms with van der Waals surface area (Å²) in [6.45, 7) is 0. The van der Waals surface area contributed by atoms with Gasteiger partial charge in [0.15, 0.2) is 5.75 Å². The molecule has 1 aromatic carbocycles. The molecule has 92 valence electrons. The minimum atomic E-state index is 0.197.